The van der Waals surface area contributed by atoms with E-state index < -0.39 is 12.2 Å². The number of hydrogen-bond donors (Lipinski definition) is 2. The molecule has 1 unspecified atom stereocenters. The third kappa shape index (κ3) is 3.08. The molecule has 1 atom stereocenters. The summed E-state index contributed by atoms with van der Waals surface area (Å²) >= 11 is 0. The standard InChI is InChI=1S/C21H20N2O4/c1-2-13-5-3-4-6-17(13)19-9-14-7-8-15(10-18(14)20(25)22-19)23-11-16(12-24)27-21(23)26/h3-10,16,24H,2,11-12H2,1H3,(H,22,25). The van der Waals surface area contributed by atoms with Gasteiger partial charge in [-0.2, -0.15) is 0 Å². The fourth-order valence-corrected chi connectivity index (χ4v) is 3.48. The number of carbonyl (C=O) groups is 1. The van der Waals surface area contributed by atoms with Crippen molar-refractivity contribution in [3.8, 4) is 11.3 Å². The first-order valence-electron chi connectivity index (χ1n) is 8.95. The van der Waals surface area contributed by atoms with E-state index in [1.807, 2.05) is 30.3 Å². The van der Waals surface area contributed by atoms with E-state index in [0.717, 1.165) is 23.1 Å². The number of anilines is 1. The number of rotatable bonds is 4. The molecule has 1 aliphatic rings. The minimum absolute atomic E-state index is 0.207. The highest BCUT2D eigenvalue weighted by Gasteiger charge is 2.31. The average molecular weight is 364 g/mol. The van der Waals surface area contributed by atoms with Gasteiger partial charge in [0.1, 0.15) is 6.10 Å². The molecule has 1 aliphatic heterocycles. The molecule has 138 valence electrons. The van der Waals surface area contributed by atoms with Crippen molar-refractivity contribution < 1.29 is 14.6 Å². The number of amides is 1. The van der Waals surface area contributed by atoms with Crippen LogP contribution in [0.5, 0.6) is 0 Å². The van der Waals surface area contributed by atoms with E-state index in [1.54, 1.807) is 12.1 Å². The Kier molecular flexibility index (Phi) is 4.41. The summed E-state index contributed by atoms with van der Waals surface area (Å²) in [4.78, 5) is 29.1. The molecular weight excluding hydrogens is 344 g/mol. The molecule has 1 fully saturated rings. The molecule has 0 bridgehead atoms. The zero-order valence-corrected chi connectivity index (χ0v) is 14.9. The van der Waals surface area contributed by atoms with Gasteiger partial charge in [0, 0.05) is 22.3 Å². The number of aryl methyl sites for hydroxylation is 1. The number of benzene rings is 2. The minimum atomic E-state index is -0.542. The monoisotopic (exact) mass is 364 g/mol. The minimum Gasteiger partial charge on any atom is -0.441 e. The second-order valence-corrected chi connectivity index (χ2v) is 6.59. The molecule has 27 heavy (non-hydrogen) atoms. The third-order valence-electron chi connectivity index (χ3n) is 4.91. The number of fused-ring (bicyclic) bond motifs is 1. The van der Waals surface area contributed by atoms with Crippen molar-refractivity contribution in [3.63, 3.8) is 0 Å². The van der Waals surface area contributed by atoms with E-state index in [-0.39, 0.29) is 18.7 Å². The number of nitrogens with one attached hydrogen (secondary N) is 1. The van der Waals surface area contributed by atoms with Crippen molar-refractivity contribution in [1.29, 1.82) is 0 Å². The number of aliphatic hydroxyl groups excluding tert-OH is 1. The summed E-state index contributed by atoms with van der Waals surface area (Å²) in [5, 5.41) is 10.5. The quantitative estimate of drug-likeness (QED) is 0.745. The predicted molar refractivity (Wildman–Crippen MR) is 104 cm³/mol. The van der Waals surface area contributed by atoms with Crippen LogP contribution >= 0.6 is 0 Å². The smallest absolute Gasteiger partial charge is 0.414 e. The van der Waals surface area contributed by atoms with Crippen LogP contribution in [0.3, 0.4) is 0 Å². The second kappa shape index (κ2) is 6.89. The van der Waals surface area contributed by atoms with Crippen molar-refractivity contribution in [3.05, 3.63) is 64.4 Å². The number of pyridine rings is 1. The molecule has 0 radical (unpaired) electrons. The summed E-state index contributed by atoms with van der Waals surface area (Å²) in [6, 6.07) is 15.3. The van der Waals surface area contributed by atoms with Crippen LogP contribution in [0.25, 0.3) is 22.0 Å². The van der Waals surface area contributed by atoms with E-state index in [2.05, 4.69) is 18.0 Å². The lowest BCUT2D eigenvalue weighted by Gasteiger charge is -2.14. The predicted octanol–water partition coefficient (Wildman–Crippen LogP) is 3.08. The first-order chi connectivity index (χ1) is 13.1. The maximum atomic E-state index is 12.7. The largest absolute Gasteiger partial charge is 0.441 e. The van der Waals surface area contributed by atoms with Gasteiger partial charge in [-0.05, 0) is 35.6 Å². The van der Waals surface area contributed by atoms with Gasteiger partial charge in [0.2, 0.25) is 0 Å². The molecule has 6 heteroatoms. The van der Waals surface area contributed by atoms with Crippen molar-refractivity contribution >= 4 is 22.6 Å². The molecule has 0 spiro atoms. The number of aromatic amines is 1. The normalized spacial score (nSPS) is 16.7. The summed E-state index contributed by atoms with van der Waals surface area (Å²) in [6.07, 6.45) is -0.184. The van der Waals surface area contributed by atoms with Gasteiger partial charge in [-0.15, -0.1) is 0 Å². The molecule has 4 rings (SSSR count). The van der Waals surface area contributed by atoms with Gasteiger partial charge in [0.05, 0.1) is 13.2 Å². The Hall–Kier alpha value is -3.12. The molecule has 2 aromatic carbocycles. The van der Waals surface area contributed by atoms with E-state index in [0.29, 0.717) is 11.1 Å². The van der Waals surface area contributed by atoms with Gasteiger partial charge >= 0.3 is 6.09 Å². The fraction of sp³-hybridized carbons (Fsp3) is 0.238. The second-order valence-electron chi connectivity index (χ2n) is 6.59. The molecule has 1 amide bonds. The maximum Gasteiger partial charge on any atom is 0.414 e. The molecule has 0 saturated carbocycles. The van der Waals surface area contributed by atoms with Gasteiger partial charge < -0.3 is 14.8 Å². The Morgan fingerprint density at radius 1 is 1.19 bits per heavy atom. The van der Waals surface area contributed by atoms with Crippen molar-refractivity contribution in [2.45, 2.75) is 19.4 Å². The first kappa shape index (κ1) is 17.3. The van der Waals surface area contributed by atoms with Crippen LogP contribution in [0.1, 0.15) is 12.5 Å². The topological polar surface area (TPSA) is 82.6 Å². The Morgan fingerprint density at radius 3 is 2.74 bits per heavy atom. The highest BCUT2D eigenvalue weighted by molar-refractivity contribution is 5.94. The van der Waals surface area contributed by atoms with Crippen LogP contribution in [-0.4, -0.2) is 35.4 Å². The number of carbonyl (C=O) groups excluding carboxylic acids is 1. The van der Waals surface area contributed by atoms with Gasteiger partial charge in [-0.25, -0.2) is 4.79 Å². The number of hydrogen-bond acceptors (Lipinski definition) is 4. The molecule has 6 nitrogen and oxygen atoms in total. The number of aliphatic hydroxyl groups is 1. The van der Waals surface area contributed by atoms with Gasteiger partial charge in [0.15, 0.2) is 0 Å². The summed E-state index contributed by atoms with van der Waals surface area (Å²) in [7, 11) is 0. The third-order valence-corrected chi connectivity index (χ3v) is 4.91. The van der Waals surface area contributed by atoms with Gasteiger partial charge in [-0.1, -0.05) is 37.3 Å². The summed E-state index contributed by atoms with van der Waals surface area (Å²) in [6.45, 7) is 2.12. The first-order valence-corrected chi connectivity index (χ1v) is 8.95. The average Bonchev–Trinajstić information content (AvgIpc) is 3.08. The SMILES string of the molecule is CCc1ccccc1-c1cc2ccc(N3CC(CO)OC3=O)cc2c(=O)[nH]1. The fourth-order valence-electron chi connectivity index (χ4n) is 3.48. The molecular formula is C21H20N2O4. The lowest BCUT2D eigenvalue weighted by Crippen LogP contribution is -2.25. The van der Waals surface area contributed by atoms with Crippen molar-refractivity contribution in [2.75, 3.05) is 18.1 Å². The lowest BCUT2D eigenvalue weighted by atomic mass is 10.0. The number of H-pyrrole nitrogens is 1. The van der Waals surface area contributed by atoms with Gasteiger partial charge in [-0.3, -0.25) is 9.69 Å². The Labute approximate surface area is 156 Å². The van der Waals surface area contributed by atoms with E-state index in [1.165, 1.54) is 10.5 Å². The van der Waals surface area contributed by atoms with Crippen LogP contribution in [0.15, 0.2) is 53.3 Å². The van der Waals surface area contributed by atoms with E-state index >= 15 is 0 Å². The number of aromatic nitrogens is 1. The Bertz CT molecular complexity index is 1070. The Balaban J connectivity index is 1.77. The molecule has 0 aliphatic carbocycles. The van der Waals surface area contributed by atoms with Crippen LogP contribution in [0, 0.1) is 0 Å². The van der Waals surface area contributed by atoms with Crippen LogP contribution in [-0.2, 0) is 11.2 Å². The summed E-state index contributed by atoms with van der Waals surface area (Å²) < 4.78 is 5.07. The maximum absolute atomic E-state index is 12.7. The molecule has 2 N–H and O–H groups in total. The zero-order chi connectivity index (χ0) is 19.0. The number of cyclic esters (lactones) is 1. The highest BCUT2D eigenvalue weighted by Crippen LogP contribution is 2.28. The van der Waals surface area contributed by atoms with Crippen molar-refractivity contribution in [2.24, 2.45) is 0 Å². The Morgan fingerprint density at radius 2 is 2.00 bits per heavy atom. The lowest BCUT2D eigenvalue weighted by molar-refractivity contribution is 0.0963. The summed E-state index contributed by atoms with van der Waals surface area (Å²) in [5.41, 5.74) is 3.33. The molecule has 1 aromatic heterocycles. The highest BCUT2D eigenvalue weighted by atomic mass is 16.6. The van der Waals surface area contributed by atoms with Crippen LogP contribution in [0.2, 0.25) is 0 Å². The van der Waals surface area contributed by atoms with Crippen LogP contribution < -0.4 is 10.5 Å². The zero-order valence-electron chi connectivity index (χ0n) is 14.9. The molecule has 3 aromatic rings. The number of ether oxygens (including phenoxy) is 1. The summed E-state index contributed by atoms with van der Waals surface area (Å²) in [5.74, 6) is 0. The molecule has 1 saturated heterocycles. The van der Waals surface area contributed by atoms with E-state index in [4.69, 9.17) is 4.74 Å². The number of nitrogens with zero attached hydrogens (tertiary/aromatic N) is 1. The van der Waals surface area contributed by atoms with Gasteiger partial charge in [0.25, 0.3) is 5.56 Å². The van der Waals surface area contributed by atoms with Crippen molar-refractivity contribution in [1.82, 2.24) is 4.98 Å². The van der Waals surface area contributed by atoms with Crippen LogP contribution in [0.4, 0.5) is 10.5 Å². The molecule has 2 heterocycles. The van der Waals surface area contributed by atoms with E-state index in [9.17, 15) is 14.7 Å².